The Morgan fingerprint density at radius 3 is 2.21 bits per heavy atom. The minimum Gasteiger partial charge on any atom is -0.508 e. The third kappa shape index (κ3) is 8.76. The normalized spacial score (nSPS) is 22.2. The number of carbonyl (C=O) groups excluding carboxylic acids is 3. The van der Waals surface area contributed by atoms with Crippen molar-refractivity contribution in [2.45, 2.75) is 63.9 Å². The fraction of sp³-hybridized carbons (Fsp3) is 0.370. The van der Waals surface area contributed by atoms with Crippen molar-refractivity contribution in [2.75, 3.05) is 45.9 Å². The summed E-state index contributed by atoms with van der Waals surface area (Å²) >= 11 is 0. The van der Waals surface area contributed by atoms with Crippen LogP contribution in [0.5, 0.6) is 17.2 Å². The minimum atomic E-state index is -0.624. The topological polar surface area (TPSA) is 124 Å². The Kier molecular flexibility index (Phi) is 11.7. The van der Waals surface area contributed by atoms with Gasteiger partial charge in [-0.05, 0) is 102 Å². The van der Waals surface area contributed by atoms with Gasteiger partial charge in [0.15, 0.2) is 0 Å². The zero-order valence-electron chi connectivity index (χ0n) is 32.5. The average molecular weight is 770 g/mol. The van der Waals surface area contributed by atoms with Crippen LogP contribution in [0, 0.1) is 0 Å². The number of rotatable bonds is 12. The first-order valence-corrected chi connectivity index (χ1v) is 20.3. The predicted octanol–water partition coefficient (Wildman–Crippen LogP) is 5.68. The highest BCUT2D eigenvalue weighted by Crippen LogP contribution is 2.36. The summed E-state index contributed by atoms with van der Waals surface area (Å²) in [6.45, 7) is 8.72. The molecule has 4 aromatic carbocycles. The highest BCUT2D eigenvalue weighted by atomic mass is 16.5. The van der Waals surface area contributed by atoms with Crippen LogP contribution in [0.4, 0.5) is 0 Å². The van der Waals surface area contributed by atoms with Crippen molar-refractivity contribution in [1.82, 2.24) is 25.3 Å². The molecule has 4 heterocycles. The van der Waals surface area contributed by atoms with Crippen molar-refractivity contribution >= 4 is 28.9 Å². The average Bonchev–Trinajstić information content (AvgIpc) is 3.56. The number of phenolic OH excluding ortho intramolecular Hbond substituents is 1. The van der Waals surface area contributed by atoms with Gasteiger partial charge in [-0.25, -0.2) is 0 Å². The molecule has 3 N–H and O–H groups in total. The number of benzene rings is 4. The van der Waals surface area contributed by atoms with Crippen LogP contribution in [0.1, 0.15) is 71.6 Å². The van der Waals surface area contributed by atoms with Gasteiger partial charge in [-0.1, -0.05) is 61.5 Å². The van der Waals surface area contributed by atoms with Crippen LogP contribution in [0.15, 0.2) is 97.1 Å². The Bertz CT molecular complexity index is 2090. The molecule has 4 aliphatic heterocycles. The van der Waals surface area contributed by atoms with Crippen molar-refractivity contribution < 1.29 is 29.0 Å². The number of amides is 3. The first-order valence-electron chi connectivity index (χ1n) is 20.3. The van der Waals surface area contributed by atoms with E-state index < -0.39 is 11.9 Å². The van der Waals surface area contributed by atoms with Crippen LogP contribution in [0.3, 0.4) is 0 Å². The van der Waals surface area contributed by atoms with Gasteiger partial charge in [-0.3, -0.25) is 34.8 Å². The lowest BCUT2D eigenvalue weighted by molar-refractivity contribution is -0.136. The monoisotopic (exact) mass is 769 g/mol. The van der Waals surface area contributed by atoms with Gasteiger partial charge in [-0.2, -0.15) is 0 Å². The van der Waals surface area contributed by atoms with E-state index in [9.17, 15) is 19.5 Å². The number of nitrogens with one attached hydrogen (secondary N) is 2. The molecule has 4 aromatic rings. The van der Waals surface area contributed by atoms with Gasteiger partial charge >= 0.3 is 0 Å². The van der Waals surface area contributed by atoms with Gasteiger partial charge in [0.1, 0.15) is 36.0 Å². The van der Waals surface area contributed by atoms with Crippen LogP contribution in [-0.2, 0) is 16.1 Å². The molecule has 0 bridgehead atoms. The number of ether oxygens (including phenoxy) is 2. The lowest BCUT2D eigenvalue weighted by Crippen LogP contribution is -2.58. The van der Waals surface area contributed by atoms with Crippen molar-refractivity contribution in [3.63, 3.8) is 0 Å². The lowest BCUT2D eigenvalue weighted by Gasteiger charge is -2.42. The molecule has 3 unspecified atom stereocenters. The molecule has 0 aliphatic carbocycles. The predicted molar refractivity (Wildman–Crippen MR) is 219 cm³/mol. The van der Waals surface area contributed by atoms with Gasteiger partial charge in [-0.15, -0.1) is 0 Å². The van der Waals surface area contributed by atoms with Crippen LogP contribution < -0.4 is 20.1 Å². The van der Waals surface area contributed by atoms with E-state index in [1.54, 1.807) is 23.1 Å². The van der Waals surface area contributed by atoms with Gasteiger partial charge in [0.05, 0.1) is 6.17 Å². The van der Waals surface area contributed by atoms with Gasteiger partial charge in [0, 0.05) is 57.8 Å². The first kappa shape index (κ1) is 38.4. The summed E-state index contributed by atoms with van der Waals surface area (Å²) in [6.07, 6.45) is 3.73. The summed E-state index contributed by atoms with van der Waals surface area (Å²) in [4.78, 5) is 43.6. The van der Waals surface area contributed by atoms with E-state index >= 15 is 0 Å². The number of nitrogens with zero attached hydrogens (tertiary/aromatic N) is 3. The van der Waals surface area contributed by atoms with Gasteiger partial charge in [0.25, 0.3) is 5.91 Å². The molecule has 8 rings (SSSR count). The maximum absolute atomic E-state index is 13.1. The molecule has 4 aliphatic rings. The smallest absolute Gasteiger partial charge is 0.255 e. The largest absolute Gasteiger partial charge is 0.508 e. The van der Waals surface area contributed by atoms with Gasteiger partial charge in [0.2, 0.25) is 11.8 Å². The molecule has 3 atom stereocenters. The molecule has 57 heavy (non-hydrogen) atoms. The first-order chi connectivity index (χ1) is 27.8. The summed E-state index contributed by atoms with van der Waals surface area (Å²) < 4.78 is 12.6. The number of phenols is 1. The van der Waals surface area contributed by atoms with Crippen molar-refractivity contribution in [1.29, 1.82) is 0 Å². The molecular weight excluding hydrogens is 719 g/mol. The zero-order valence-corrected chi connectivity index (χ0v) is 32.5. The van der Waals surface area contributed by atoms with Gasteiger partial charge < -0.3 is 19.5 Å². The SMILES string of the molecule is CC/C(=C(\c1ccc(O)cc1)c1ccc(OCCN2CCN(C3CCC(Oc4ccc5c(c4)CN(C4CCC(=O)NC4=O)C5=O)CN3)CC2)cc1)c1ccccc1. The number of piperidine rings is 2. The van der Waals surface area contributed by atoms with Crippen molar-refractivity contribution in [2.24, 2.45) is 0 Å². The highest BCUT2D eigenvalue weighted by molar-refractivity contribution is 6.05. The highest BCUT2D eigenvalue weighted by Gasteiger charge is 2.39. The Morgan fingerprint density at radius 2 is 1.53 bits per heavy atom. The summed E-state index contributed by atoms with van der Waals surface area (Å²) in [5, 5.41) is 16.0. The third-order valence-corrected chi connectivity index (χ3v) is 11.7. The number of hydrogen-bond acceptors (Lipinski definition) is 9. The second-order valence-electron chi connectivity index (χ2n) is 15.3. The number of imide groups is 1. The van der Waals surface area contributed by atoms with Crippen LogP contribution >= 0.6 is 0 Å². The van der Waals surface area contributed by atoms with E-state index in [1.165, 1.54) is 11.1 Å². The van der Waals surface area contributed by atoms with E-state index in [-0.39, 0.29) is 30.1 Å². The van der Waals surface area contributed by atoms with E-state index in [0.29, 0.717) is 31.3 Å². The van der Waals surface area contributed by atoms with Crippen molar-refractivity contribution in [3.05, 3.63) is 125 Å². The third-order valence-electron chi connectivity index (χ3n) is 11.7. The Balaban J connectivity index is 0.781. The van der Waals surface area contributed by atoms with Crippen LogP contribution in [0.25, 0.3) is 11.1 Å². The number of aromatic hydroxyl groups is 1. The molecular formula is C46H51N5O6. The molecule has 296 valence electrons. The maximum atomic E-state index is 13.1. The lowest BCUT2D eigenvalue weighted by atomic mass is 9.88. The van der Waals surface area contributed by atoms with Crippen LogP contribution in [0.2, 0.25) is 0 Å². The molecule has 0 spiro atoms. The summed E-state index contributed by atoms with van der Waals surface area (Å²) in [5.41, 5.74) is 7.22. The standard InChI is InChI=1S/C46H51N5O6/c1-2-39(31-6-4-3-5-7-31)44(32-8-12-35(52)13-9-32)33-10-14-36(15-11-33)56-27-26-49-22-24-50(25-23-49)42-20-17-38(29-47-42)57-37-16-18-40-34(28-37)30-51(46(40)55)41-19-21-43(53)48-45(41)54/h3-16,18,28,38,41-42,47,52H,2,17,19-27,29-30H2,1H3,(H,48,53,54)/b44-39-. The quantitative estimate of drug-likeness (QED) is 0.124. The molecule has 0 radical (unpaired) electrons. The summed E-state index contributed by atoms with van der Waals surface area (Å²) in [6, 6.07) is 31.2. The summed E-state index contributed by atoms with van der Waals surface area (Å²) in [5.74, 6) is 0.971. The molecule has 3 fully saturated rings. The molecule has 3 saturated heterocycles. The number of hydrogen-bond donors (Lipinski definition) is 3. The zero-order chi connectivity index (χ0) is 39.3. The Labute approximate surface area is 334 Å². The molecule has 3 amide bonds. The molecule has 0 aromatic heterocycles. The maximum Gasteiger partial charge on any atom is 0.255 e. The van der Waals surface area contributed by atoms with E-state index in [4.69, 9.17) is 9.47 Å². The Hall–Kier alpha value is -5.49. The second kappa shape index (κ2) is 17.3. The molecule has 11 heteroatoms. The van der Waals surface area contributed by atoms with Crippen molar-refractivity contribution in [3.8, 4) is 17.2 Å². The number of fused-ring (bicyclic) bond motifs is 1. The Morgan fingerprint density at radius 1 is 0.807 bits per heavy atom. The number of allylic oxidation sites excluding steroid dienone is 1. The number of carbonyl (C=O) groups is 3. The fourth-order valence-corrected chi connectivity index (χ4v) is 8.66. The second-order valence-corrected chi connectivity index (χ2v) is 15.3. The fourth-order valence-electron chi connectivity index (χ4n) is 8.66. The van der Waals surface area contributed by atoms with E-state index in [0.717, 1.165) is 92.3 Å². The molecule has 0 saturated carbocycles. The van der Waals surface area contributed by atoms with Crippen LogP contribution in [-0.4, -0.2) is 102 Å². The minimum absolute atomic E-state index is 0.0307. The summed E-state index contributed by atoms with van der Waals surface area (Å²) in [7, 11) is 0. The number of piperazine rings is 1. The molecule has 11 nitrogen and oxygen atoms in total. The van der Waals surface area contributed by atoms with E-state index in [2.05, 4.69) is 75.9 Å². The van der Waals surface area contributed by atoms with E-state index in [1.807, 2.05) is 30.3 Å².